The quantitative estimate of drug-likeness (QED) is 0.207. The van der Waals surface area contributed by atoms with Crippen LogP contribution in [0, 0.1) is 0 Å². The van der Waals surface area contributed by atoms with Crippen LogP contribution in [0.2, 0.25) is 0 Å². The number of nitrogens with zero attached hydrogens (tertiary/aromatic N) is 1. The van der Waals surface area contributed by atoms with Gasteiger partial charge in [0.2, 0.25) is 5.91 Å². The van der Waals surface area contributed by atoms with Gasteiger partial charge in [0.15, 0.2) is 0 Å². The third-order valence-corrected chi connectivity index (χ3v) is 6.10. The van der Waals surface area contributed by atoms with Crippen LogP contribution in [0.25, 0.3) is 0 Å². The molecule has 0 saturated heterocycles. The largest absolute Gasteiger partial charge is 0.383 e. The van der Waals surface area contributed by atoms with Gasteiger partial charge in [-0.25, -0.2) is 0 Å². The summed E-state index contributed by atoms with van der Waals surface area (Å²) in [5.41, 5.74) is 2.03. The molecule has 0 spiro atoms. The molecule has 33 heavy (non-hydrogen) atoms. The van der Waals surface area contributed by atoms with E-state index in [-0.39, 0.29) is 11.7 Å². The fraction of sp³-hybridized carbons (Fsp3) is 0.519. The van der Waals surface area contributed by atoms with Gasteiger partial charge in [0.25, 0.3) is 0 Å². The Morgan fingerprint density at radius 1 is 0.758 bits per heavy atom. The van der Waals surface area contributed by atoms with Gasteiger partial charge in [-0.1, -0.05) is 101 Å². The van der Waals surface area contributed by atoms with E-state index in [0.717, 1.165) is 30.2 Å². The number of carbonyl (C=O) groups excluding carboxylic acids is 1. The van der Waals surface area contributed by atoms with E-state index < -0.39 is 10.1 Å². The average molecular weight is 474 g/mol. The summed E-state index contributed by atoms with van der Waals surface area (Å²) >= 11 is 0. The lowest BCUT2D eigenvalue weighted by atomic mass is 10.1. The van der Waals surface area contributed by atoms with Gasteiger partial charge < -0.3 is 9.08 Å². The van der Waals surface area contributed by atoms with Gasteiger partial charge in [-0.05, 0) is 29.7 Å². The van der Waals surface area contributed by atoms with Crippen LogP contribution >= 0.6 is 0 Å². The molecule has 1 amide bonds. The van der Waals surface area contributed by atoms with Crippen molar-refractivity contribution in [2.45, 2.75) is 84.2 Å². The van der Waals surface area contributed by atoms with Crippen LogP contribution < -0.4 is 4.18 Å². The first-order valence-corrected chi connectivity index (χ1v) is 14.0. The van der Waals surface area contributed by atoms with Crippen molar-refractivity contribution in [2.75, 3.05) is 6.26 Å². The van der Waals surface area contributed by atoms with E-state index in [0.29, 0.717) is 19.5 Å². The van der Waals surface area contributed by atoms with Crippen molar-refractivity contribution >= 4 is 16.0 Å². The summed E-state index contributed by atoms with van der Waals surface area (Å²) in [5.74, 6) is 0.426. The Hall–Kier alpha value is -2.34. The van der Waals surface area contributed by atoms with Crippen LogP contribution in [-0.2, 0) is 28.0 Å². The zero-order chi connectivity index (χ0) is 23.9. The monoisotopic (exact) mass is 473 g/mol. The van der Waals surface area contributed by atoms with Gasteiger partial charge in [0.05, 0.1) is 6.26 Å². The smallest absolute Gasteiger partial charge is 0.306 e. The standard InChI is InChI=1S/C27H39NO4S/c1-3-4-5-6-7-8-9-10-14-17-27(29)28(22-24-15-12-11-13-16-24)23-25-18-20-26(21-19-25)32-33(2,30)31/h11-13,15-16,18-21H,3-10,14,17,22-23H2,1-2H3. The summed E-state index contributed by atoms with van der Waals surface area (Å²) < 4.78 is 27.5. The number of hydrogen-bond donors (Lipinski definition) is 0. The van der Waals surface area contributed by atoms with E-state index in [1.54, 1.807) is 12.1 Å². The van der Waals surface area contributed by atoms with Crippen LogP contribution in [0.3, 0.4) is 0 Å². The first-order chi connectivity index (χ1) is 15.9. The Bertz CT molecular complexity index is 911. The molecule has 2 aromatic rings. The highest BCUT2D eigenvalue weighted by Crippen LogP contribution is 2.18. The molecule has 182 valence electrons. The fourth-order valence-corrected chi connectivity index (χ4v) is 4.29. The molecule has 0 aliphatic rings. The molecule has 0 aromatic heterocycles. The lowest BCUT2D eigenvalue weighted by molar-refractivity contribution is -0.132. The molecule has 0 radical (unpaired) electrons. The number of benzene rings is 2. The molecule has 2 aromatic carbocycles. The molecule has 0 aliphatic carbocycles. The van der Waals surface area contributed by atoms with Crippen molar-refractivity contribution in [3.63, 3.8) is 0 Å². The molecule has 2 rings (SSSR count). The minimum absolute atomic E-state index is 0.151. The Labute approximate surface area is 200 Å². The summed E-state index contributed by atoms with van der Waals surface area (Å²) in [6.07, 6.45) is 12.6. The third-order valence-electron chi connectivity index (χ3n) is 5.61. The highest BCUT2D eigenvalue weighted by molar-refractivity contribution is 7.86. The van der Waals surface area contributed by atoms with Gasteiger partial charge in [-0.2, -0.15) is 8.42 Å². The van der Waals surface area contributed by atoms with Crippen molar-refractivity contribution in [1.29, 1.82) is 0 Å². The molecule has 0 fully saturated rings. The van der Waals surface area contributed by atoms with Gasteiger partial charge in [-0.15, -0.1) is 0 Å². The lowest BCUT2D eigenvalue weighted by Gasteiger charge is -2.23. The number of carbonyl (C=O) groups is 1. The minimum Gasteiger partial charge on any atom is -0.383 e. The van der Waals surface area contributed by atoms with E-state index in [4.69, 9.17) is 4.18 Å². The molecule has 0 unspecified atom stereocenters. The lowest BCUT2D eigenvalue weighted by Crippen LogP contribution is -2.29. The zero-order valence-electron chi connectivity index (χ0n) is 20.2. The maximum atomic E-state index is 13.0. The molecule has 5 nitrogen and oxygen atoms in total. The van der Waals surface area contributed by atoms with E-state index in [2.05, 4.69) is 6.92 Å². The number of unbranched alkanes of at least 4 members (excludes halogenated alkanes) is 8. The Morgan fingerprint density at radius 3 is 1.82 bits per heavy atom. The van der Waals surface area contributed by atoms with E-state index in [1.165, 1.54) is 44.9 Å². The van der Waals surface area contributed by atoms with Crippen LogP contribution in [0.5, 0.6) is 5.75 Å². The molecule has 6 heteroatoms. The first-order valence-electron chi connectivity index (χ1n) is 12.2. The number of hydrogen-bond acceptors (Lipinski definition) is 4. The zero-order valence-corrected chi connectivity index (χ0v) is 21.0. The predicted molar refractivity (Wildman–Crippen MR) is 134 cm³/mol. The summed E-state index contributed by atoms with van der Waals surface area (Å²) in [4.78, 5) is 14.9. The highest BCUT2D eigenvalue weighted by Gasteiger charge is 2.15. The van der Waals surface area contributed by atoms with Crippen molar-refractivity contribution < 1.29 is 17.4 Å². The van der Waals surface area contributed by atoms with Crippen molar-refractivity contribution in [3.8, 4) is 5.75 Å². The van der Waals surface area contributed by atoms with Gasteiger partial charge >= 0.3 is 10.1 Å². The Kier molecular flexibility index (Phi) is 12.0. The van der Waals surface area contributed by atoms with Gasteiger partial charge in [0.1, 0.15) is 5.75 Å². The Balaban J connectivity index is 1.87. The van der Waals surface area contributed by atoms with Crippen LogP contribution in [0.4, 0.5) is 0 Å². The predicted octanol–water partition coefficient (Wildman–Crippen LogP) is 6.47. The normalized spacial score (nSPS) is 11.3. The Morgan fingerprint density at radius 2 is 1.27 bits per heavy atom. The molecule has 0 N–H and O–H groups in total. The number of amides is 1. The van der Waals surface area contributed by atoms with Crippen molar-refractivity contribution in [1.82, 2.24) is 4.90 Å². The van der Waals surface area contributed by atoms with Crippen LogP contribution in [0.1, 0.15) is 82.3 Å². The van der Waals surface area contributed by atoms with E-state index in [9.17, 15) is 13.2 Å². The number of rotatable bonds is 16. The van der Waals surface area contributed by atoms with Crippen molar-refractivity contribution in [2.24, 2.45) is 0 Å². The second kappa shape index (κ2) is 14.7. The second-order valence-corrected chi connectivity index (χ2v) is 10.3. The van der Waals surface area contributed by atoms with Crippen molar-refractivity contribution in [3.05, 3.63) is 65.7 Å². The first kappa shape index (κ1) is 26.9. The molecule has 0 bridgehead atoms. The second-order valence-electron chi connectivity index (χ2n) is 8.75. The minimum atomic E-state index is -3.56. The molecule has 0 saturated carbocycles. The molecule has 0 atom stereocenters. The van der Waals surface area contributed by atoms with E-state index >= 15 is 0 Å². The fourth-order valence-electron chi connectivity index (χ4n) is 3.83. The SMILES string of the molecule is CCCCCCCCCCCC(=O)N(Cc1ccccc1)Cc1ccc(OS(C)(=O)=O)cc1. The summed E-state index contributed by atoms with van der Waals surface area (Å²) in [6.45, 7) is 3.27. The topological polar surface area (TPSA) is 63.7 Å². The van der Waals surface area contributed by atoms with Gasteiger partial charge in [0, 0.05) is 19.5 Å². The van der Waals surface area contributed by atoms with Gasteiger partial charge in [-0.3, -0.25) is 4.79 Å². The molecular weight excluding hydrogens is 434 g/mol. The summed E-state index contributed by atoms with van der Waals surface area (Å²) in [5, 5.41) is 0. The van der Waals surface area contributed by atoms with E-state index in [1.807, 2.05) is 47.4 Å². The summed E-state index contributed by atoms with van der Waals surface area (Å²) in [6, 6.07) is 16.9. The highest BCUT2D eigenvalue weighted by atomic mass is 32.2. The molecule has 0 heterocycles. The summed E-state index contributed by atoms with van der Waals surface area (Å²) in [7, 11) is -3.56. The maximum absolute atomic E-state index is 13.0. The third kappa shape index (κ3) is 11.9. The van der Waals surface area contributed by atoms with Crippen LogP contribution in [-0.4, -0.2) is 25.5 Å². The molecule has 0 aliphatic heterocycles. The maximum Gasteiger partial charge on any atom is 0.306 e. The average Bonchev–Trinajstić information content (AvgIpc) is 2.78. The molecular formula is C27H39NO4S. The van der Waals surface area contributed by atoms with Crippen LogP contribution in [0.15, 0.2) is 54.6 Å².